The van der Waals surface area contributed by atoms with Gasteiger partial charge in [-0.3, -0.25) is 0 Å². The lowest BCUT2D eigenvalue weighted by Gasteiger charge is -2.10. The van der Waals surface area contributed by atoms with Crippen molar-refractivity contribution in [3.8, 4) is 11.5 Å². The summed E-state index contributed by atoms with van der Waals surface area (Å²) in [7, 11) is -4.11. The SMILES string of the molecule is CCCCc1ccc(OS(=O)(=O)c2cccc3c(O)c([N+]#N)ccc23)cc1. The number of fused-ring (bicyclic) bond motifs is 1. The summed E-state index contributed by atoms with van der Waals surface area (Å²) in [5, 5.41) is 19.6. The topological polar surface area (TPSA) is 91.8 Å². The molecule has 0 aromatic heterocycles. The zero-order valence-electron chi connectivity index (χ0n) is 14.8. The molecule has 0 unspecified atom stereocenters. The Morgan fingerprint density at radius 1 is 1.04 bits per heavy atom. The Hall–Kier alpha value is -3.11. The molecule has 3 rings (SSSR count). The van der Waals surface area contributed by atoms with Crippen molar-refractivity contribution in [3.05, 3.63) is 65.1 Å². The first-order chi connectivity index (χ1) is 13.0. The molecule has 0 atom stereocenters. The van der Waals surface area contributed by atoms with Crippen LogP contribution in [0.1, 0.15) is 25.3 Å². The van der Waals surface area contributed by atoms with Gasteiger partial charge >= 0.3 is 15.8 Å². The first-order valence-corrected chi connectivity index (χ1v) is 10.0. The fraction of sp³-hybridized carbons (Fsp3) is 0.200. The van der Waals surface area contributed by atoms with E-state index in [4.69, 9.17) is 9.58 Å². The summed E-state index contributed by atoms with van der Waals surface area (Å²) in [6.07, 6.45) is 3.09. The van der Waals surface area contributed by atoms with E-state index in [9.17, 15) is 13.5 Å². The molecule has 138 valence electrons. The molecule has 0 heterocycles. The fourth-order valence-electron chi connectivity index (χ4n) is 2.86. The maximum atomic E-state index is 12.8. The summed E-state index contributed by atoms with van der Waals surface area (Å²) in [4.78, 5) is 2.90. The van der Waals surface area contributed by atoms with Crippen molar-refractivity contribution in [1.82, 2.24) is 0 Å². The lowest BCUT2D eigenvalue weighted by Crippen LogP contribution is -2.10. The average molecular weight is 383 g/mol. The van der Waals surface area contributed by atoms with Crippen molar-refractivity contribution in [2.45, 2.75) is 31.1 Å². The second-order valence-corrected chi connectivity index (χ2v) is 7.68. The fourth-order valence-corrected chi connectivity index (χ4v) is 4.01. The second-order valence-electron chi connectivity index (χ2n) is 6.17. The van der Waals surface area contributed by atoms with Gasteiger partial charge in [-0.1, -0.05) is 37.6 Å². The molecule has 0 amide bonds. The number of aryl methyl sites for hydroxylation is 1. The van der Waals surface area contributed by atoms with Gasteiger partial charge in [0.1, 0.15) is 10.6 Å². The molecule has 3 aromatic rings. The van der Waals surface area contributed by atoms with Crippen LogP contribution in [0.2, 0.25) is 0 Å². The van der Waals surface area contributed by atoms with Gasteiger partial charge in [-0.25, -0.2) is 0 Å². The number of aromatic hydroxyl groups is 1. The predicted molar refractivity (Wildman–Crippen MR) is 103 cm³/mol. The number of hydrogen-bond acceptors (Lipinski definition) is 5. The van der Waals surface area contributed by atoms with Crippen molar-refractivity contribution in [1.29, 1.82) is 5.39 Å². The van der Waals surface area contributed by atoms with Gasteiger partial charge in [0.25, 0.3) is 0 Å². The van der Waals surface area contributed by atoms with E-state index in [0.29, 0.717) is 0 Å². The molecule has 7 heteroatoms. The maximum Gasteiger partial charge on any atom is 0.426 e. The first-order valence-electron chi connectivity index (χ1n) is 8.59. The Kier molecular flexibility index (Phi) is 5.28. The van der Waals surface area contributed by atoms with Crippen LogP contribution in [0.3, 0.4) is 0 Å². The van der Waals surface area contributed by atoms with Crippen LogP contribution in [0.25, 0.3) is 15.7 Å². The summed E-state index contributed by atoms with van der Waals surface area (Å²) >= 11 is 0. The minimum absolute atomic E-state index is 0.0411. The van der Waals surface area contributed by atoms with Crippen molar-refractivity contribution in [3.63, 3.8) is 0 Å². The number of nitrogens with zero attached hydrogens (tertiary/aromatic N) is 2. The number of phenolic OH excluding ortho intramolecular Hbond substituents is 1. The molecule has 6 nitrogen and oxygen atoms in total. The Bertz CT molecular complexity index is 1120. The molecule has 0 bridgehead atoms. The summed E-state index contributed by atoms with van der Waals surface area (Å²) in [6, 6.07) is 14.2. The molecule has 0 fully saturated rings. The lowest BCUT2D eigenvalue weighted by molar-refractivity contribution is 0.484. The molecule has 0 radical (unpaired) electrons. The Morgan fingerprint density at radius 2 is 1.78 bits per heavy atom. The molecule has 0 aliphatic rings. The van der Waals surface area contributed by atoms with Crippen LogP contribution in [0.5, 0.6) is 11.5 Å². The van der Waals surface area contributed by atoms with E-state index in [1.165, 1.54) is 24.3 Å². The number of phenols is 1. The third-order valence-electron chi connectivity index (χ3n) is 4.30. The van der Waals surface area contributed by atoms with Gasteiger partial charge in [-0.2, -0.15) is 8.42 Å². The van der Waals surface area contributed by atoms with Gasteiger partial charge in [-0.15, -0.1) is 0 Å². The van der Waals surface area contributed by atoms with E-state index in [1.807, 2.05) is 12.1 Å². The van der Waals surface area contributed by atoms with Crippen LogP contribution >= 0.6 is 0 Å². The summed E-state index contributed by atoms with van der Waals surface area (Å²) < 4.78 is 30.8. The number of diazo groups is 1. The molecular formula is C20H19N2O4S+. The zero-order valence-corrected chi connectivity index (χ0v) is 15.6. The van der Waals surface area contributed by atoms with Crippen LogP contribution in [-0.2, 0) is 16.5 Å². The third kappa shape index (κ3) is 3.86. The van der Waals surface area contributed by atoms with E-state index in [0.717, 1.165) is 24.8 Å². The number of rotatable bonds is 6. The van der Waals surface area contributed by atoms with Gasteiger partial charge in [0.15, 0.2) is 4.98 Å². The van der Waals surface area contributed by atoms with Crippen LogP contribution in [0, 0.1) is 5.39 Å². The summed E-state index contributed by atoms with van der Waals surface area (Å²) in [5.74, 6) is -0.0780. The highest BCUT2D eigenvalue weighted by Crippen LogP contribution is 2.37. The van der Waals surface area contributed by atoms with Gasteiger partial charge < -0.3 is 9.29 Å². The quantitative estimate of drug-likeness (QED) is 0.470. The largest absolute Gasteiger partial charge is 0.501 e. The number of benzene rings is 3. The average Bonchev–Trinajstić information content (AvgIpc) is 2.67. The standard InChI is InChI=1S/C20H18N2O4S/c1-2-3-5-14-8-10-15(11-9-14)26-27(24,25)19-7-4-6-17-16(19)12-13-18(22-21)20(17)23/h4,6-13H,2-3,5H2,1H3/p+1. The van der Waals surface area contributed by atoms with Crippen molar-refractivity contribution in [2.24, 2.45) is 0 Å². The Balaban J connectivity index is 1.96. The highest BCUT2D eigenvalue weighted by atomic mass is 32.2. The molecule has 0 spiro atoms. The van der Waals surface area contributed by atoms with E-state index < -0.39 is 10.1 Å². The monoisotopic (exact) mass is 383 g/mol. The van der Waals surface area contributed by atoms with Gasteiger partial charge in [0.2, 0.25) is 11.1 Å². The molecule has 27 heavy (non-hydrogen) atoms. The van der Waals surface area contributed by atoms with Gasteiger partial charge in [-0.05, 0) is 42.7 Å². The molecular weight excluding hydrogens is 364 g/mol. The second kappa shape index (κ2) is 7.64. The molecule has 0 saturated heterocycles. The van der Waals surface area contributed by atoms with Gasteiger partial charge in [0, 0.05) is 16.8 Å². The Morgan fingerprint density at radius 3 is 2.44 bits per heavy atom. The van der Waals surface area contributed by atoms with E-state index in [-0.39, 0.29) is 32.9 Å². The van der Waals surface area contributed by atoms with Crippen molar-refractivity contribution >= 4 is 26.6 Å². The van der Waals surface area contributed by atoms with Crippen LogP contribution in [0.15, 0.2) is 59.5 Å². The minimum Gasteiger partial charge on any atom is -0.501 e. The molecule has 1 N–H and O–H groups in total. The normalized spacial score (nSPS) is 11.3. The van der Waals surface area contributed by atoms with E-state index in [1.54, 1.807) is 18.2 Å². The summed E-state index contributed by atoms with van der Waals surface area (Å²) in [5.41, 5.74) is 1.08. The predicted octanol–water partition coefficient (Wildman–Crippen LogP) is 5.14. The smallest absolute Gasteiger partial charge is 0.426 e. The lowest BCUT2D eigenvalue weighted by atomic mass is 10.1. The van der Waals surface area contributed by atoms with E-state index >= 15 is 0 Å². The first kappa shape index (κ1) is 18.7. The molecule has 0 aliphatic heterocycles. The van der Waals surface area contributed by atoms with Crippen molar-refractivity contribution in [2.75, 3.05) is 0 Å². The molecule has 0 saturated carbocycles. The van der Waals surface area contributed by atoms with Crippen LogP contribution in [0.4, 0.5) is 5.69 Å². The van der Waals surface area contributed by atoms with E-state index in [2.05, 4.69) is 11.9 Å². The van der Waals surface area contributed by atoms with Crippen LogP contribution in [-0.4, -0.2) is 13.5 Å². The highest BCUT2D eigenvalue weighted by Gasteiger charge is 2.24. The number of unbranched alkanes of at least 4 members (excludes halogenated alkanes) is 1. The number of hydrogen-bond donors (Lipinski definition) is 1. The molecule has 0 aliphatic carbocycles. The zero-order chi connectivity index (χ0) is 19.4. The Labute approximate surface area is 157 Å². The highest BCUT2D eigenvalue weighted by molar-refractivity contribution is 7.87. The summed E-state index contributed by atoms with van der Waals surface area (Å²) in [6.45, 7) is 2.11. The maximum absolute atomic E-state index is 12.8. The van der Waals surface area contributed by atoms with Crippen LogP contribution < -0.4 is 4.18 Å². The van der Waals surface area contributed by atoms with Gasteiger partial charge in [0.05, 0.1) is 0 Å². The molecule has 3 aromatic carbocycles. The minimum atomic E-state index is -4.11. The van der Waals surface area contributed by atoms with Crippen molar-refractivity contribution < 1.29 is 17.7 Å². The third-order valence-corrected chi connectivity index (χ3v) is 5.60.